The maximum atomic E-state index is 12.6. The smallest absolute Gasteiger partial charge is 0.236 e. The summed E-state index contributed by atoms with van der Waals surface area (Å²) in [6, 6.07) is 0.577. The number of carbonyl (C=O) groups excluding carboxylic acids is 1. The summed E-state index contributed by atoms with van der Waals surface area (Å²) in [4.78, 5) is 18.9. The van der Waals surface area contributed by atoms with Crippen molar-refractivity contribution in [1.82, 2.24) is 14.7 Å². The van der Waals surface area contributed by atoms with Crippen molar-refractivity contribution in [2.45, 2.75) is 57.1 Å². The van der Waals surface area contributed by atoms with Gasteiger partial charge in [0.2, 0.25) is 5.91 Å². The Morgan fingerprint density at radius 3 is 2.50 bits per heavy atom. The number of hydrogen-bond acceptors (Lipinski definition) is 4. The molecular weight excluding hydrogens is 278 g/mol. The van der Waals surface area contributed by atoms with E-state index in [1.54, 1.807) is 0 Å². The molecule has 0 saturated carbocycles. The van der Waals surface area contributed by atoms with Crippen LogP contribution in [-0.2, 0) is 4.79 Å². The summed E-state index contributed by atoms with van der Waals surface area (Å²) in [6.45, 7) is 5.89. The maximum absolute atomic E-state index is 12.6. The maximum Gasteiger partial charge on any atom is 0.236 e. The molecule has 2 aliphatic heterocycles. The molecule has 5 nitrogen and oxygen atoms in total. The van der Waals surface area contributed by atoms with Crippen LogP contribution in [0.25, 0.3) is 0 Å². The molecule has 0 spiro atoms. The highest BCUT2D eigenvalue weighted by atomic mass is 16.3. The van der Waals surface area contributed by atoms with Crippen molar-refractivity contribution in [3.63, 3.8) is 0 Å². The van der Waals surface area contributed by atoms with Crippen LogP contribution in [0, 0.1) is 0 Å². The highest BCUT2D eigenvalue weighted by Crippen LogP contribution is 2.24. The lowest BCUT2D eigenvalue weighted by atomic mass is 9.91. The predicted molar refractivity (Wildman–Crippen MR) is 88.8 cm³/mol. The van der Waals surface area contributed by atoms with E-state index in [2.05, 4.69) is 11.8 Å². The Hall–Kier alpha value is -0.650. The fraction of sp³-hybridized carbons (Fsp3) is 0.941. The normalized spacial score (nSPS) is 26.4. The lowest BCUT2D eigenvalue weighted by Gasteiger charge is -2.41. The number of rotatable bonds is 5. The SMILES string of the molecule is CC[C@@H]1CCCCN1CC(=O)N1CCC(O)(CN(C)C)CC1. The van der Waals surface area contributed by atoms with Gasteiger partial charge in [-0.05, 0) is 52.7 Å². The van der Waals surface area contributed by atoms with E-state index in [-0.39, 0.29) is 5.91 Å². The first kappa shape index (κ1) is 17.7. The lowest BCUT2D eigenvalue weighted by molar-refractivity contribution is -0.138. The molecule has 2 aliphatic rings. The van der Waals surface area contributed by atoms with Crippen LogP contribution in [0.5, 0.6) is 0 Å². The summed E-state index contributed by atoms with van der Waals surface area (Å²) in [5, 5.41) is 10.6. The van der Waals surface area contributed by atoms with Gasteiger partial charge in [-0.2, -0.15) is 0 Å². The van der Waals surface area contributed by atoms with E-state index in [0.717, 1.165) is 13.0 Å². The van der Waals surface area contributed by atoms with Gasteiger partial charge >= 0.3 is 0 Å². The van der Waals surface area contributed by atoms with Crippen LogP contribution >= 0.6 is 0 Å². The number of aliphatic hydroxyl groups is 1. The average molecular weight is 311 g/mol. The van der Waals surface area contributed by atoms with Crippen molar-refractivity contribution in [2.24, 2.45) is 0 Å². The summed E-state index contributed by atoms with van der Waals surface area (Å²) in [6.07, 6.45) is 6.25. The van der Waals surface area contributed by atoms with Crippen LogP contribution in [0.15, 0.2) is 0 Å². The van der Waals surface area contributed by atoms with Gasteiger partial charge in [-0.15, -0.1) is 0 Å². The number of amides is 1. The largest absolute Gasteiger partial charge is 0.388 e. The zero-order valence-electron chi connectivity index (χ0n) is 14.6. The van der Waals surface area contributed by atoms with E-state index in [4.69, 9.17) is 0 Å². The predicted octanol–water partition coefficient (Wildman–Crippen LogP) is 1.17. The quantitative estimate of drug-likeness (QED) is 0.828. The van der Waals surface area contributed by atoms with Crippen molar-refractivity contribution in [3.05, 3.63) is 0 Å². The lowest BCUT2D eigenvalue weighted by Crippen LogP contribution is -2.53. The van der Waals surface area contributed by atoms with Crippen LogP contribution in [0.2, 0.25) is 0 Å². The molecule has 0 radical (unpaired) electrons. The fourth-order valence-corrected chi connectivity index (χ4v) is 3.92. The zero-order chi connectivity index (χ0) is 16.2. The van der Waals surface area contributed by atoms with E-state index in [0.29, 0.717) is 45.1 Å². The minimum Gasteiger partial charge on any atom is -0.388 e. The number of carbonyl (C=O) groups is 1. The van der Waals surface area contributed by atoms with Gasteiger partial charge in [-0.1, -0.05) is 13.3 Å². The van der Waals surface area contributed by atoms with E-state index >= 15 is 0 Å². The van der Waals surface area contributed by atoms with Crippen LogP contribution in [0.1, 0.15) is 45.4 Å². The molecule has 2 heterocycles. The minimum absolute atomic E-state index is 0.243. The molecule has 1 atom stereocenters. The molecule has 128 valence electrons. The van der Waals surface area contributed by atoms with Crippen LogP contribution < -0.4 is 0 Å². The van der Waals surface area contributed by atoms with Crippen LogP contribution in [-0.4, -0.2) is 84.2 Å². The second kappa shape index (κ2) is 7.75. The first-order valence-electron chi connectivity index (χ1n) is 8.82. The van der Waals surface area contributed by atoms with E-state index in [1.165, 1.54) is 19.3 Å². The molecule has 2 fully saturated rings. The topological polar surface area (TPSA) is 47.0 Å². The number of piperidine rings is 2. The molecular formula is C17H33N3O2. The van der Waals surface area contributed by atoms with Gasteiger partial charge in [0.05, 0.1) is 12.1 Å². The van der Waals surface area contributed by atoms with Gasteiger partial charge < -0.3 is 14.9 Å². The summed E-state index contributed by atoms with van der Waals surface area (Å²) in [5.41, 5.74) is -0.628. The van der Waals surface area contributed by atoms with Gasteiger partial charge in [0.15, 0.2) is 0 Å². The van der Waals surface area contributed by atoms with Crippen molar-refractivity contribution < 1.29 is 9.90 Å². The number of likely N-dealkylation sites (N-methyl/N-ethyl adjacent to an activating group) is 1. The Morgan fingerprint density at radius 1 is 1.23 bits per heavy atom. The standard InChI is InChI=1S/C17H33N3O2/c1-4-15-7-5-6-10-20(15)13-16(21)19-11-8-17(22,9-12-19)14-18(2)3/h15,22H,4-14H2,1-3H3/t15-/m1/s1. The van der Waals surface area contributed by atoms with Crippen molar-refractivity contribution in [2.75, 3.05) is 46.8 Å². The molecule has 0 bridgehead atoms. The third-order valence-electron chi connectivity index (χ3n) is 5.22. The molecule has 5 heteroatoms. The Bertz CT molecular complexity index is 365. The summed E-state index contributed by atoms with van der Waals surface area (Å²) in [5.74, 6) is 0.243. The van der Waals surface area contributed by atoms with Crippen molar-refractivity contribution in [1.29, 1.82) is 0 Å². The number of nitrogens with zero attached hydrogens (tertiary/aromatic N) is 3. The Kier molecular flexibility index (Phi) is 6.24. The molecule has 22 heavy (non-hydrogen) atoms. The zero-order valence-corrected chi connectivity index (χ0v) is 14.6. The van der Waals surface area contributed by atoms with Gasteiger partial charge in [0, 0.05) is 25.7 Å². The van der Waals surface area contributed by atoms with Crippen molar-refractivity contribution >= 4 is 5.91 Å². The Balaban J connectivity index is 1.82. The first-order chi connectivity index (χ1) is 10.4. The molecule has 1 amide bonds. The van der Waals surface area contributed by atoms with Gasteiger partial charge in [0.25, 0.3) is 0 Å². The third-order valence-corrected chi connectivity index (χ3v) is 5.22. The van der Waals surface area contributed by atoms with Crippen LogP contribution in [0.3, 0.4) is 0 Å². The summed E-state index contributed by atoms with van der Waals surface area (Å²) in [7, 11) is 3.97. The Labute approximate surface area is 135 Å². The van der Waals surface area contributed by atoms with Crippen LogP contribution in [0.4, 0.5) is 0 Å². The van der Waals surface area contributed by atoms with E-state index in [1.807, 2.05) is 23.9 Å². The van der Waals surface area contributed by atoms with Gasteiger partial charge in [-0.25, -0.2) is 0 Å². The molecule has 2 saturated heterocycles. The monoisotopic (exact) mass is 311 g/mol. The fourth-order valence-electron chi connectivity index (χ4n) is 3.92. The highest BCUT2D eigenvalue weighted by molar-refractivity contribution is 5.78. The number of likely N-dealkylation sites (tertiary alicyclic amines) is 2. The molecule has 1 N–H and O–H groups in total. The third kappa shape index (κ3) is 4.67. The van der Waals surface area contributed by atoms with E-state index in [9.17, 15) is 9.90 Å². The highest BCUT2D eigenvalue weighted by Gasteiger charge is 2.35. The molecule has 2 rings (SSSR count). The molecule has 0 aromatic carbocycles. The molecule has 0 aliphatic carbocycles. The Morgan fingerprint density at radius 2 is 1.91 bits per heavy atom. The van der Waals surface area contributed by atoms with Gasteiger partial charge in [0.1, 0.15) is 0 Å². The summed E-state index contributed by atoms with van der Waals surface area (Å²) >= 11 is 0. The molecule has 0 aromatic heterocycles. The summed E-state index contributed by atoms with van der Waals surface area (Å²) < 4.78 is 0. The first-order valence-corrected chi connectivity index (χ1v) is 8.82. The second-order valence-corrected chi connectivity index (χ2v) is 7.37. The van der Waals surface area contributed by atoms with Crippen molar-refractivity contribution in [3.8, 4) is 0 Å². The second-order valence-electron chi connectivity index (χ2n) is 7.37. The van der Waals surface area contributed by atoms with E-state index < -0.39 is 5.60 Å². The molecule has 0 unspecified atom stereocenters. The minimum atomic E-state index is -0.628. The average Bonchev–Trinajstić information content (AvgIpc) is 2.47. The van der Waals surface area contributed by atoms with Gasteiger partial charge in [-0.3, -0.25) is 9.69 Å². The number of hydrogen-bond donors (Lipinski definition) is 1. The molecule has 0 aromatic rings.